The van der Waals surface area contributed by atoms with Crippen LogP contribution in [0.25, 0.3) is 0 Å². The lowest BCUT2D eigenvalue weighted by atomic mass is 9.44. The standard InChI is InChI=1S/C24H36O4/c1-13-10-19(14(2)25)22(4)8-7-18-17(21(13)22)11-20-24(28-20)12-16(27-15(3)26)6-9-23(18,24)5/h13,16-21H,6-12H2,1-5H3/t13-,16+,17-,18+,19-,20-,21-,22+,23+,24-/m0/s1. The minimum atomic E-state index is -0.167. The minimum absolute atomic E-state index is 0.0217. The molecule has 5 fully saturated rings. The van der Waals surface area contributed by atoms with Crippen LogP contribution in [0, 0.1) is 40.4 Å². The van der Waals surface area contributed by atoms with Crippen LogP contribution in [0.1, 0.15) is 79.6 Å². The number of esters is 1. The van der Waals surface area contributed by atoms with Gasteiger partial charge in [-0.05, 0) is 74.5 Å². The van der Waals surface area contributed by atoms with Crippen LogP contribution in [0.5, 0.6) is 0 Å². The number of epoxide rings is 1. The molecule has 28 heavy (non-hydrogen) atoms. The summed E-state index contributed by atoms with van der Waals surface area (Å²) < 4.78 is 12.1. The highest BCUT2D eigenvalue weighted by atomic mass is 16.6. The van der Waals surface area contributed by atoms with E-state index in [2.05, 4.69) is 20.8 Å². The van der Waals surface area contributed by atoms with Gasteiger partial charge in [-0.15, -0.1) is 0 Å². The van der Waals surface area contributed by atoms with Gasteiger partial charge in [0.2, 0.25) is 0 Å². The van der Waals surface area contributed by atoms with Gasteiger partial charge in [0.15, 0.2) is 0 Å². The maximum atomic E-state index is 12.4. The highest BCUT2D eigenvalue weighted by Gasteiger charge is 2.76. The van der Waals surface area contributed by atoms with Gasteiger partial charge in [0.25, 0.3) is 0 Å². The van der Waals surface area contributed by atoms with Crippen molar-refractivity contribution >= 4 is 11.8 Å². The summed E-state index contributed by atoms with van der Waals surface area (Å²) in [6.45, 7) is 10.6. The fraction of sp³-hybridized carbons (Fsp3) is 0.917. The zero-order valence-electron chi connectivity index (χ0n) is 18.1. The van der Waals surface area contributed by atoms with E-state index >= 15 is 0 Å². The average Bonchev–Trinajstić information content (AvgIpc) is 3.21. The fourth-order valence-corrected chi connectivity index (χ4v) is 9.15. The zero-order valence-corrected chi connectivity index (χ0v) is 18.1. The topological polar surface area (TPSA) is 55.9 Å². The second kappa shape index (κ2) is 5.83. The molecular weight excluding hydrogens is 352 g/mol. The minimum Gasteiger partial charge on any atom is -0.462 e. The summed E-state index contributed by atoms with van der Waals surface area (Å²) in [5, 5.41) is 0. The highest BCUT2D eigenvalue weighted by molar-refractivity contribution is 5.79. The maximum absolute atomic E-state index is 12.4. The third-order valence-corrected chi connectivity index (χ3v) is 10.2. The van der Waals surface area contributed by atoms with Crippen molar-refractivity contribution < 1.29 is 19.1 Å². The van der Waals surface area contributed by atoms with Crippen molar-refractivity contribution in [2.24, 2.45) is 40.4 Å². The molecule has 5 aliphatic rings. The monoisotopic (exact) mass is 388 g/mol. The molecule has 0 aromatic heterocycles. The summed E-state index contributed by atoms with van der Waals surface area (Å²) in [4.78, 5) is 23.9. The lowest BCUT2D eigenvalue weighted by Gasteiger charge is -2.59. The van der Waals surface area contributed by atoms with E-state index in [0.29, 0.717) is 35.6 Å². The van der Waals surface area contributed by atoms with Crippen LogP contribution < -0.4 is 0 Å². The van der Waals surface area contributed by atoms with Gasteiger partial charge in [-0.25, -0.2) is 0 Å². The maximum Gasteiger partial charge on any atom is 0.302 e. The molecule has 0 aromatic rings. The Balaban J connectivity index is 1.45. The largest absolute Gasteiger partial charge is 0.462 e. The van der Waals surface area contributed by atoms with Gasteiger partial charge in [0.1, 0.15) is 17.5 Å². The molecule has 156 valence electrons. The molecule has 5 rings (SSSR count). The Morgan fingerprint density at radius 3 is 2.50 bits per heavy atom. The number of fused-ring (bicyclic) bond motifs is 4. The van der Waals surface area contributed by atoms with Crippen molar-refractivity contribution in [2.45, 2.75) is 97.4 Å². The van der Waals surface area contributed by atoms with E-state index in [1.54, 1.807) is 0 Å². The van der Waals surface area contributed by atoms with Crippen LogP contribution in [0.3, 0.4) is 0 Å². The molecule has 4 saturated carbocycles. The second-order valence-corrected chi connectivity index (χ2v) is 11.3. The zero-order chi connectivity index (χ0) is 20.1. The Morgan fingerprint density at radius 1 is 1.07 bits per heavy atom. The van der Waals surface area contributed by atoms with Gasteiger partial charge in [0.05, 0.1) is 6.10 Å². The number of ketones is 1. The molecule has 1 aliphatic heterocycles. The first-order chi connectivity index (χ1) is 13.1. The number of Topliss-reactive ketones (excluding diaryl/α,β-unsaturated/α-hetero) is 1. The molecule has 4 nitrogen and oxygen atoms in total. The van der Waals surface area contributed by atoms with Gasteiger partial charge < -0.3 is 9.47 Å². The quantitative estimate of drug-likeness (QED) is 0.515. The number of ether oxygens (including phenoxy) is 2. The number of hydrogen-bond acceptors (Lipinski definition) is 4. The van der Waals surface area contributed by atoms with Gasteiger partial charge in [-0.1, -0.05) is 20.8 Å². The molecule has 4 heteroatoms. The lowest BCUT2D eigenvalue weighted by Crippen LogP contribution is -2.59. The van der Waals surface area contributed by atoms with E-state index in [1.165, 1.54) is 19.8 Å². The summed E-state index contributed by atoms with van der Waals surface area (Å²) >= 11 is 0. The predicted octanol–water partition coefficient (Wildman–Crippen LogP) is 4.54. The van der Waals surface area contributed by atoms with Crippen LogP contribution in [0.2, 0.25) is 0 Å². The molecule has 0 bridgehead atoms. The Bertz CT molecular complexity index is 717. The number of carbonyl (C=O) groups excluding carboxylic acids is 2. The first-order valence-electron chi connectivity index (χ1n) is 11.5. The third-order valence-electron chi connectivity index (χ3n) is 10.2. The van der Waals surface area contributed by atoms with Crippen LogP contribution >= 0.6 is 0 Å². The highest BCUT2D eigenvalue weighted by Crippen LogP contribution is 2.74. The Labute approximate surface area is 169 Å². The van der Waals surface area contributed by atoms with Gasteiger partial charge in [0, 0.05) is 24.7 Å². The molecule has 0 N–H and O–H groups in total. The number of rotatable bonds is 2. The molecule has 0 aromatic carbocycles. The summed E-state index contributed by atoms with van der Waals surface area (Å²) in [7, 11) is 0. The first-order valence-corrected chi connectivity index (χ1v) is 11.5. The van der Waals surface area contributed by atoms with Crippen molar-refractivity contribution in [1.29, 1.82) is 0 Å². The normalized spacial score (nSPS) is 56.7. The van der Waals surface area contributed by atoms with Crippen LogP contribution in [0.4, 0.5) is 0 Å². The van der Waals surface area contributed by atoms with Crippen molar-refractivity contribution in [3.05, 3.63) is 0 Å². The predicted molar refractivity (Wildman–Crippen MR) is 105 cm³/mol. The molecule has 4 aliphatic carbocycles. The van der Waals surface area contributed by atoms with Crippen molar-refractivity contribution in [1.82, 2.24) is 0 Å². The SMILES string of the molecule is CC(=O)O[C@@H]1CC[C@]2(C)[C@@H]3CC[C@@]4(C)[C@H]([C@H]3C[C@@H]3O[C@@]32C1)[C@@H](C)C[C@H]4C(C)=O. The van der Waals surface area contributed by atoms with E-state index in [9.17, 15) is 9.59 Å². The van der Waals surface area contributed by atoms with Crippen LogP contribution in [0.15, 0.2) is 0 Å². The van der Waals surface area contributed by atoms with Crippen LogP contribution in [-0.4, -0.2) is 29.6 Å². The molecular formula is C24H36O4. The van der Waals surface area contributed by atoms with E-state index in [-0.39, 0.29) is 34.4 Å². The molecule has 0 unspecified atom stereocenters. The summed E-state index contributed by atoms with van der Waals surface area (Å²) in [5.41, 5.74) is 0.293. The Morgan fingerprint density at radius 2 is 1.82 bits per heavy atom. The van der Waals surface area contributed by atoms with Gasteiger partial charge in [-0.2, -0.15) is 0 Å². The fourth-order valence-electron chi connectivity index (χ4n) is 9.15. The number of hydrogen-bond donors (Lipinski definition) is 0. The Kier molecular flexibility index (Phi) is 3.98. The van der Waals surface area contributed by atoms with Gasteiger partial charge in [-0.3, -0.25) is 9.59 Å². The van der Waals surface area contributed by atoms with Gasteiger partial charge >= 0.3 is 5.97 Å². The molecule has 0 amide bonds. The molecule has 1 spiro atoms. The van der Waals surface area contributed by atoms with E-state index in [4.69, 9.17) is 9.47 Å². The smallest absolute Gasteiger partial charge is 0.302 e. The third kappa shape index (κ3) is 2.27. The second-order valence-electron chi connectivity index (χ2n) is 11.3. The Hall–Kier alpha value is -0.900. The molecule has 0 radical (unpaired) electrons. The lowest BCUT2D eigenvalue weighted by molar-refractivity contribution is -0.159. The van der Waals surface area contributed by atoms with Crippen LogP contribution in [-0.2, 0) is 19.1 Å². The van der Waals surface area contributed by atoms with Crippen molar-refractivity contribution in [3.63, 3.8) is 0 Å². The summed E-state index contributed by atoms with van der Waals surface area (Å²) in [5.74, 6) is 3.09. The van der Waals surface area contributed by atoms with Crippen molar-refractivity contribution in [3.8, 4) is 0 Å². The first kappa shape index (κ1) is 19.1. The van der Waals surface area contributed by atoms with E-state index < -0.39 is 0 Å². The van der Waals surface area contributed by atoms with E-state index in [0.717, 1.165) is 32.1 Å². The molecule has 10 atom stereocenters. The average molecular weight is 389 g/mol. The number of carbonyl (C=O) groups is 2. The van der Waals surface area contributed by atoms with E-state index in [1.807, 2.05) is 6.92 Å². The van der Waals surface area contributed by atoms with Crippen molar-refractivity contribution in [2.75, 3.05) is 0 Å². The summed E-state index contributed by atoms with van der Waals surface area (Å²) in [6, 6.07) is 0. The summed E-state index contributed by atoms with van der Waals surface area (Å²) in [6.07, 6.45) is 7.89. The molecule has 1 saturated heterocycles. The molecule has 1 heterocycles.